The predicted octanol–water partition coefficient (Wildman–Crippen LogP) is 5.74. The zero-order valence-electron chi connectivity index (χ0n) is 16.4. The van der Waals surface area contributed by atoms with Crippen molar-refractivity contribution in [2.45, 2.75) is 32.7 Å². The maximum atomic E-state index is 13.7. The topological polar surface area (TPSA) is 50.5 Å². The highest BCUT2D eigenvalue weighted by Crippen LogP contribution is 2.36. The van der Waals surface area contributed by atoms with E-state index in [0.29, 0.717) is 6.42 Å². The van der Waals surface area contributed by atoms with E-state index in [0.717, 1.165) is 37.3 Å². The molecule has 3 aromatic rings. The number of benzene rings is 2. The van der Waals surface area contributed by atoms with Crippen molar-refractivity contribution in [1.82, 2.24) is 9.78 Å². The maximum absolute atomic E-state index is 13.7. The molecule has 0 amide bonds. The molecule has 148 valence electrons. The summed E-state index contributed by atoms with van der Waals surface area (Å²) in [5, 5.41) is 11.1. The van der Waals surface area contributed by atoms with E-state index in [1.54, 1.807) is 0 Å². The fourth-order valence-corrected chi connectivity index (χ4v) is 4.15. The van der Waals surface area contributed by atoms with Crippen LogP contribution < -0.4 is 5.01 Å². The highest BCUT2D eigenvalue weighted by molar-refractivity contribution is 9.10. The number of carbonyl (C=O) groups is 1. The van der Waals surface area contributed by atoms with Crippen LogP contribution in [-0.2, 0) is 0 Å². The molecule has 2 aromatic carbocycles. The Bertz CT molecular complexity index is 1100. The summed E-state index contributed by atoms with van der Waals surface area (Å²) in [6, 6.07) is 17.8. The van der Waals surface area contributed by atoms with Gasteiger partial charge in [-0.05, 0) is 68.8 Å². The van der Waals surface area contributed by atoms with E-state index in [-0.39, 0.29) is 5.91 Å². The minimum atomic E-state index is -0.889. The lowest BCUT2D eigenvalue weighted by Crippen LogP contribution is -2.50. The second-order valence-electron chi connectivity index (χ2n) is 7.44. The van der Waals surface area contributed by atoms with Gasteiger partial charge in [0, 0.05) is 21.1 Å². The van der Waals surface area contributed by atoms with Crippen molar-refractivity contribution in [3.05, 3.63) is 80.5 Å². The molecule has 0 fully saturated rings. The van der Waals surface area contributed by atoms with Crippen LogP contribution in [0.5, 0.6) is 0 Å². The summed E-state index contributed by atoms with van der Waals surface area (Å²) in [6.07, 6.45) is 0.488. The number of nitrogens with zero attached hydrogens (tertiary/aromatic N) is 4. The molecule has 29 heavy (non-hydrogen) atoms. The van der Waals surface area contributed by atoms with Crippen LogP contribution in [0.25, 0.3) is 0 Å². The van der Waals surface area contributed by atoms with Gasteiger partial charge in [-0.3, -0.25) is 4.79 Å². The van der Waals surface area contributed by atoms with Crippen molar-refractivity contribution in [1.29, 1.82) is 0 Å². The third kappa shape index (κ3) is 3.69. The van der Waals surface area contributed by atoms with Gasteiger partial charge in [0.25, 0.3) is 5.91 Å². The van der Waals surface area contributed by atoms with E-state index in [1.165, 1.54) is 4.68 Å². The summed E-state index contributed by atoms with van der Waals surface area (Å²) in [7, 11) is 0. The molecule has 0 N–H and O–H groups in total. The third-order valence-electron chi connectivity index (χ3n) is 5.11. The lowest BCUT2D eigenvalue weighted by Gasteiger charge is -2.32. The molecule has 0 unspecified atom stereocenters. The smallest absolute Gasteiger partial charge is 0.270 e. The molecule has 0 bridgehead atoms. The number of halogens is 2. The molecular weight excluding hydrogens is 496 g/mol. The molecular formula is C22H20Br2N4O. The van der Waals surface area contributed by atoms with E-state index in [9.17, 15) is 4.79 Å². The number of aryl methyl sites for hydroxylation is 2. The number of aromatic nitrogens is 2. The van der Waals surface area contributed by atoms with E-state index < -0.39 is 5.54 Å². The number of anilines is 1. The molecule has 1 atom stereocenters. The lowest BCUT2D eigenvalue weighted by atomic mass is 9.91. The number of rotatable bonds is 3. The van der Waals surface area contributed by atoms with Crippen molar-refractivity contribution < 1.29 is 4.79 Å². The van der Waals surface area contributed by atoms with Crippen molar-refractivity contribution in [3.8, 4) is 0 Å². The normalized spacial score (nSPS) is 18.8. The molecule has 0 radical (unpaired) electrons. The largest absolute Gasteiger partial charge is 0.275 e. The first-order chi connectivity index (χ1) is 13.8. The van der Waals surface area contributed by atoms with Gasteiger partial charge >= 0.3 is 0 Å². The molecule has 1 aromatic heterocycles. The fourth-order valence-electron chi connectivity index (χ4n) is 3.62. The Balaban J connectivity index is 1.80. The highest BCUT2D eigenvalue weighted by atomic mass is 79.9. The van der Waals surface area contributed by atoms with Gasteiger partial charge in [-0.2, -0.15) is 10.2 Å². The Kier molecular flexibility index (Phi) is 5.21. The van der Waals surface area contributed by atoms with Crippen LogP contribution in [-0.4, -0.2) is 26.9 Å². The minimum absolute atomic E-state index is 0.0955. The summed E-state index contributed by atoms with van der Waals surface area (Å²) >= 11 is 6.95. The SMILES string of the molecule is Cc1cc(C)n(C(=O)[C@@]2(C)CC(c3ccc(Br)cc3)=NN2c2ccc(Br)cc2)n1. The number of hydrogen-bond donors (Lipinski definition) is 0. The van der Waals surface area contributed by atoms with E-state index >= 15 is 0 Å². The van der Waals surface area contributed by atoms with Gasteiger partial charge in [0.05, 0.1) is 17.1 Å². The highest BCUT2D eigenvalue weighted by Gasteiger charge is 2.47. The molecule has 1 aliphatic rings. The summed E-state index contributed by atoms with van der Waals surface area (Å²) in [4.78, 5) is 13.7. The molecule has 2 heterocycles. The first-order valence-corrected chi connectivity index (χ1v) is 10.8. The Labute approximate surface area is 186 Å². The van der Waals surface area contributed by atoms with Gasteiger partial charge in [-0.25, -0.2) is 9.69 Å². The predicted molar refractivity (Wildman–Crippen MR) is 123 cm³/mol. The first-order valence-electron chi connectivity index (χ1n) is 9.25. The zero-order chi connectivity index (χ0) is 20.8. The molecule has 0 spiro atoms. The Morgan fingerprint density at radius 2 is 1.59 bits per heavy atom. The summed E-state index contributed by atoms with van der Waals surface area (Å²) in [5.74, 6) is -0.0955. The molecule has 7 heteroatoms. The van der Waals surface area contributed by atoms with Gasteiger partial charge in [-0.15, -0.1) is 0 Å². The average molecular weight is 516 g/mol. The fraction of sp³-hybridized carbons (Fsp3) is 0.227. The van der Waals surface area contributed by atoms with Gasteiger partial charge in [0.15, 0.2) is 0 Å². The maximum Gasteiger partial charge on any atom is 0.275 e. The minimum Gasteiger partial charge on any atom is -0.270 e. The molecule has 4 rings (SSSR count). The van der Waals surface area contributed by atoms with Gasteiger partial charge in [0.2, 0.25) is 0 Å². The van der Waals surface area contributed by atoms with Crippen LogP contribution in [0, 0.1) is 13.8 Å². The Morgan fingerprint density at radius 1 is 1.00 bits per heavy atom. The lowest BCUT2D eigenvalue weighted by molar-refractivity contribution is 0.0797. The second-order valence-corrected chi connectivity index (χ2v) is 9.27. The van der Waals surface area contributed by atoms with Gasteiger partial charge in [-0.1, -0.05) is 44.0 Å². The Morgan fingerprint density at radius 3 is 2.14 bits per heavy atom. The number of hydrazone groups is 1. The van der Waals surface area contributed by atoms with Crippen molar-refractivity contribution in [2.24, 2.45) is 5.10 Å². The monoisotopic (exact) mass is 514 g/mol. The van der Waals surface area contributed by atoms with Crippen molar-refractivity contribution in [2.75, 3.05) is 5.01 Å². The average Bonchev–Trinajstić information content (AvgIpc) is 3.22. The first kappa shape index (κ1) is 20.0. The number of carbonyl (C=O) groups excluding carboxylic acids is 1. The van der Waals surface area contributed by atoms with E-state index in [2.05, 4.69) is 37.0 Å². The van der Waals surface area contributed by atoms with Crippen LogP contribution in [0.4, 0.5) is 5.69 Å². The number of hydrogen-bond acceptors (Lipinski definition) is 4. The molecule has 0 aliphatic carbocycles. The summed E-state index contributed by atoms with van der Waals surface area (Å²) in [5.41, 5.74) is 3.48. The van der Waals surface area contributed by atoms with E-state index in [1.807, 2.05) is 80.4 Å². The summed E-state index contributed by atoms with van der Waals surface area (Å²) in [6.45, 7) is 5.73. The molecule has 0 saturated heterocycles. The summed E-state index contributed by atoms with van der Waals surface area (Å²) < 4.78 is 3.48. The van der Waals surface area contributed by atoms with Crippen molar-refractivity contribution in [3.63, 3.8) is 0 Å². The van der Waals surface area contributed by atoms with Crippen LogP contribution in [0.1, 0.15) is 35.1 Å². The van der Waals surface area contributed by atoms with E-state index in [4.69, 9.17) is 5.10 Å². The van der Waals surface area contributed by atoms with Crippen LogP contribution in [0.15, 0.2) is 68.6 Å². The van der Waals surface area contributed by atoms with Gasteiger partial charge < -0.3 is 0 Å². The van der Waals surface area contributed by atoms with Crippen LogP contribution in [0.2, 0.25) is 0 Å². The second kappa shape index (κ2) is 7.54. The molecule has 1 aliphatic heterocycles. The van der Waals surface area contributed by atoms with Crippen molar-refractivity contribution >= 4 is 49.2 Å². The molecule has 5 nitrogen and oxygen atoms in total. The Hall–Kier alpha value is -2.25. The quantitative estimate of drug-likeness (QED) is 0.447. The van der Waals surface area contributed by atoms with Crippen LogP contribution in [0.3, 0.4) is 0 Å². The standard InChI is InChI=1S/C22H20Br2N4O/c1-14-12-15(2)27(25-14)21(29)22(3)13-20(16-4-6-17(23)7-5-16)26-28(22)19-10-8-18(24)9-11-19/h4-12H,13H2,1-3H3/t22-/m1/s1. The van der Waals surface area contributed by atoms with Crippen LogP contribution >= 0.6 is 31.9 Å². The zero-order valence-corrected chi connectivity index (χ0v) is 19.5. The van der Waals surface area contributed by atoms with Gasteiger partial charge in [0.1, 0.15) is 5.54 Å². The third-order valence-corrected chi connectivity index (χ3v) is 6.17. The molecule has 0 saturated carbocycles.